The summed E-state index contributed by atoms with van der Waals surface area (Å²) in [5.41, 5.74) is 1.75. The minimum absolute atomic E-state index is 0.0163. The van der Waals surface area contributed by atoms with Crippen molar-refractivity contribution in [3.05, 3.63) is 57.5 Å². The highest BCUT2D eigenvalue weighted by molar-refractivity contribution is 7.98. The van der Waals surface area contributed by atoms with Crippen LogP contribution in [0.25, 0.3) is 0 Å². The van der Waals surface area contributed by atoms with Crippen LogP contribution in [0.2, 0.25) is 0 Å². The van der Waals surface area contributed by atoms with Crippen LogP contribution in [-0.2, 0) is 18.6 Å². The average molecular weight is 276 g/mol. The molecule has 0 amide bonds. The van der Waals surface area contributed by atoms with Gasteiger partial charge in [-0.1, -0.05) is 6.07 Å². The molecule has 98 valence electrons. The molecule has 3 nitrogen and oxygen atoms in total. The zero-order valence-corrected chi connectivity index (χ0v) is 11.1. The first kappa shape index (κ1) is 12.4. The van der Waals surface area contributed by atoms with Crippen molar-refractivity contribution in [2.75, 3.05) is 0 Å². The monoisotopic (exact) mass is 276 g/mol. The predicted octanol–water partition coefficient (Wildman–Crippen LogP) is 2.69. The predicted molar refractivity (Wildman–Crippen MR) is 72.8 cm³/mol. The van der Waals surface area contributed by atoms with E-state index in [1.54, 1.807) is 6.07 Å². The molecule has 2 aromatic rings. The van der Waals surface area contributed by atoms with Gasteiger partial charge in [0.1, 0.15) is 11.6 Å². The lowest BCUT2D eigenvalue weighted by atomic mass is 10.2. The van der Waals surface area contributed by atoms with Crippen molar-refractivity contribution in [1.29, 1.82) is 0 Å². The van der Waals surface area contributed by atoms with Crippen LogP contribution in [-0.4, -0.2) is 9.97 Å². The highest BCUT2D eigenvalue weighted by Gasteiger charge is 2.16. The Morgan fingerprint density at radius 3 is 3.11 bits per heavy atom. The van der Waals surface area contributed by atoms with Crippen LogP contribution in [0.5, 0.6) is 0 Å². The molecule has 0 spiro atoms. The van der Waals surface area contributed by atoms with Gasteiger partial charge in [0.05, 0.1) is 11.4 Å². The smallest absolute Gasteiger partial charge is 0.254 e. The summed E-state index contributed by atoms with van der Waals surface area (Å²) in [4.78, 5) is 20.0. The third-order valence-electron chi connectivity index (χ3n) is 3.16. The summed E-state index contributed by atoms with van der Waals surface area (Å²) in [6.45, 7) is 0. The summed E-state index contributed by atoms with van der Waals surface area (Å²) < 4.78 is 13.1. The summed E-state index contributed by atoms with van der Waals surface area (Å²) in [7, 11) is 0. The van der Waals surface area contributed by atoms with Gasteiger partial charge in [-0.3, -0.25) is 4.79 Å². The van der Waals surface area contributed by atoms with Gasteiger partial charge in [-0.2, -0.15) is 0 Å². The molecule has 5 heteroatoms. The SMILES string of the molecule is O=c1[nH]c(CSc2cccc(F)c2)nc2c1CCC2. The Morgan fingerprint density at radius 2 is 2.26 bits per heavy atom. The van der Waals surface area contributed by atoms with E-state index in [1.165, 1.54) is 23.9 Å². The zero-order valence-electron chi connectivity index (χ0n) is 10.3. The van der Waals surface area contributed by atoms with Crippen molar-refractivity contribution in [1.82, 2.24) is 9.97 Å². The summed E-state index contributed by atoms with van der Waals surface area (Å²) in [5, 5.41) is 0. The van der Waals surface area contributed by atoms with E-state index in [2.05, 4.69) is 9.97 Å². The fourth-order valence-electron chi connectivity index (χ4n) is 2.27. The second-order valence-corrected chi connectivity index (χ2v) is 5.59. The number of hydrogen-bond donors (Lipinski definition) is 1. The molecular formula is C14H13FN2OS. The molecule has 0 aliphatic heterocycles. The molecule has 1 heterocycles. The van der Waals surface area contributed by atoms with Crippen LogP contribution < -0.4 is 5.56 Å². The molecule has 1 aliphatic carbocycles. The fraction of sp³-hybridized carbons (Fsp3) is 0.286. The zero-order chi connectivity index (χ0) is 13.2. The fourth-order valence-corrected chi connectivity index (χ4v) is 3.08. The normalized spacial score (nSPS) is 13.5. The Morgan fingerprint density at radius 1 is 1.37 bits per heavy atom. The average Bonchev–Trinajstić information content (AvgIpc) is 2.85. The van der Waals surface area contributed by atoms with Crippen molar-refractivity contribution in [3.63, 3.8) is 0 Å². The van der Waals surface area contributed by atoms with Gasteiger partial charge in [-0.25, -0.2) is 9.37 Å². The topological polar surface area (TPSA) is 45.8 Å². The minimum Gasteiger partial charge on any atom is -0.310 e. The molecule has 0 radical (unpaired) electrons. The number of fused-ring (bicyclic) bond motifs is 1. The van der Waals surface area contributed by atoms with E-state index in [4.69, 9.17) is 0 Å². The Kier molecular flexibility index (Phi) is 3.38. The largest absolute Gasteiger partial charge is 0.310 e. The Bertz CT molecular complexity index is 669. The summed E-state index contributed by atoms with van der Waals surface area (Å²) >= 11 is 1.47. The molecule has 3 rings (SSSR count). The van der Waals surface area contributed by atoms with E-state index in [1.807, 2.05) is 6.07 Å². The van der Waals surface area contributed by atoms with Crippen LogP contribution in [0.15, 0.2) is 34.0 Å². The third-order valence-corrected chi connectivity index (χ3v) is 4.17. The lowest BCUT2D eigenvalue weighted by Crippen LogP contribution is -2.16. The maximum Gasteiger partial charge on any atom is 0.254 e. The number of rotatable bonds is 3. The van der Waals surface area contributed by atoms with E-state index < -0.39 is 0 Å². The molecule has 19 heavy (non-hydrogen) atoms. The Balaban J connectivity index is 1.77. The molecular weight excluding hydrogens is 263 g/mol. The van der Waals surface area contributed by atoms with Gasteiger partial charge in [0.15, 0.2) is 0 Å². The highest BCUT2D eigenvalue weighted by Crippen LogP contribution is 2.23. The van der Waals surface area contributed by atoms with Crippen molar-refractivity contribution in [3.8, 4) is 0 Å². The van der Waals surface area contributed by atoms with Crippen LogP contribution in [0.4, 0.5) is 4.39 Å². The minimum atomic E-state index is -0.250. The Hall–Kier alpha value is -1.62. The van der Waals surface area contributed by atoms with E-state index in [0.29, 0.717) is 11.6 Å². The second kappa shape index (κ2) is 5.17. The van der Waals surface area contributed by atoms with E-state index in [9.17, 15) is 9.18 Å². The van der Waals surface area contributed by atoms with Gasteiger partial charge in [0.25, 0.3) is 5.56 Å². The number of nitrogens with zero attached hydrogens (tertiary/aromatic N) is 1. The van der Waals surface area contributed by atoms with E-state index >= 15 is 0 Å². The molecule has 0 saturated carbocycles. The molecule has 1 aliphatic rings. The van der Waals surface area contributed by atoms with Crippen LogP contribution in [0, 0.1) is 5.82 Å². The van der Waals surface area contributed by atoms with E-state index in [0.717, 1.165) is 35.4 Å². The second-order valence-electron chi connectivity index (χ2n) is 4.54. The first-order valence-electron chi connectivity index (χ1n) is 6.22. The number of H-pyrrole nitrogens is 1. The lowest BCUT2D eigenvalue weighted by molar-refractivity contribution is 0.624. The van der Waals surface area contributed by atoms with Gasteiger partial charge in [0.2, 0.25) is 0 Å². The summed E-state index contributed by atoms with van der Waals surface area (Å²) in [6.07, 6.45) is 2.72. The molecule has 1 N–H and O–H groups in total. The van der Waals surface area contributed by atoms with Crippen LogP contribution in [0.3, 0.4) is 0 Å². The molecule has 0 bridgehead atoms. The molecule has 0 saturated heterocycles. The quantitative estimate of drug-likeness (QED) is 0.877. The van der Waals surface area contributed by atoms with Gasteiger partial charge in [0, 0.05) is 10.5 Å². The number of thioether (sulfide) groups is 1. The van der Waals surface area contributed by atoms with Gasteiger partial charge < -0.3 is 4.98 Å². The van der Waals surface area contributed by atoms with Crippen LogP contribution >= 0.6 is 11.8 Å². The summed E-state index contributed by atoms with van der Waals surface area (Å²) in [6, 6.07) is 6.42. The van der Waals surface area contributed by atoms with Gasteiger partial charge in [-0.15, -0.1) is 11.8 Å². The summed E-state index contributed by atoms with van der Waals surface area (Å²) in [5.74, 6) is 0.965. The molecule has 1 aromatic carbocycles. The van der Waals surface area contributed by atoms with E-state index in [-0.39, 0.29) is 11.4 Å². The number of nitrogens with one attached hydrogen (secondary N) is 1. The number of aromatic nitrogens is 2. The first-order valence-corrected chi connectivity index (χ1v) is 7.20. The standard InChI is InChI=1S/C14H13FN2OS/c15-9-3-1-4-10(7-9)19-8-13-16-12-6-2-5-11(12)14(18)17-13/h1,3-4,7H,2,5-6,8H2,(H,16,17,18). The molecule has 0 fully saturated rings. The highest BCUT2D eigenvalue weighted by atomic mass is 32.2. The number of halogens is 1. The van der Waals surface area contributed by atoms with Crippen LogP contribution in [0.1, 0.15) is 23.5 Å². The molecule has 0 unspecified atom stereocenters. The van der Waals surface area contributed by atoms with Crippen molar-refractivity contribution in [2.45, 2.75) is 29.9 Å². The maximum atomic E-state index is 13.1. The van der Waals surface area contributed by atoms with Crippen molar-refractivity contribution < 1.29 is 4.39 Å². The number of aromatic amines is 1. The number of aryl methyl sites for hydroxylation is 1. The maximum absolute atomic E-state index is 13.1. The third kappa shape index (κ3) is 2.71. The van der Waals surface area contributed by atoms with Gasteiger partial charge >= 0.3 is 0 Å². The van der Waals surface area contributed by atoms with Gasteiger partial charge in [-0.05, 0) is 37.5 Å². The molecule has 1 aromatic heterocycles. The van der Waals surface area contributed by atoms with Crippen molar-refractivity contribution >= 4 is 11.8 Å². The number of hydrogen-bond acceptors (Lipinski definition) is 3. The van der Waals surface area contributed by atoms with Crippen molar-refractivity contribution in [2.24, 2.45) is 0 Å². The first-order chi connectivity index (χ1) is 9.22. The molecule has 0 atom stereocenters. The lowest BCUT2D eigenvalue weighted by Gasteiger charge is -2.04. The Labute approximate surface area is 114 Å². The number of benzene rings is 1.